The zero-order valence-corrected chi connectivity index (χ0v) is 20.8. The average molecular weight is 462 g/mol. The monoisotopic (exact) mass is 461 g/mol. The van der Waals surface area contributed by atoms with Crippen molar-refractivity contribution in [2.75, 3.05) is 26.7 Å². The molecule has 2 heterocycles. The maximum atomic E-state index is 13.9. The Morgan fingerprint density at radius 2 is 1.97 bits per heavy atom. The molecule has 2 rings (SSSR count). The minimum absolute atomic E-state index is 0.0307. The largest absolute Gasteiger partial charge is 0.463 e. The van der Waals surface area contributed by atoms with E-state index >= 15 is 0 Å². The lowest BCUT2D eigenvalue weighted by Crippen LogP contribution is -2.50. The number of carbonyl (C=O) groups excluding carboxylic acids is 3. The summed E-state index contributed by atoms with van der Waals surface area (Å²) in [5.41, 5.74) is 0.248. The van der Waals surface area contributed by atoms with Crippen molar-refractivity contribution in [3.63, 3.8) is 0 Å². The van der Waals surface area contributed by atoms with Gasteiger partial charge in [0.05, 0.1) is 5.41 Å². The van der Waals surface area contributed by atoms with E-state index in [-0.39, 0.29) is 18.0 Å². The van der Waals surface area contributed by atoms with Crippen molar-refractivity contribution in [3.05, 3.63) is 36.1 Å². The zero-order chi connectivity index (χ0) is 24.8. The molecule has 0 spiro atoms. The number of likely N-dealkylation sites (tertiary alicyclic amines) is 1. The van der Waals surface area contributed by atoms with Crippen LogP contribution in [0.5, 0.6) is 0 Å². The van der Waals surface area contributed by atoms with Crippen LogP contribution in [0, 0.1) is 5.41 Å². The molecule has 184 valence electrons. The fourth-order valence-corrected chi connectivity index (χ4v) is 4.67. The summed E-state index contributed by atoms with van der Waals surface area (Å²) in [6, 6.07) is -0.0546. The van der Waals surface area contributed by atoms with Crippen molar-refractivity contribution in [2.24, 2.45) is 5.41 Å². The first-order valence-corrected chi connectivity index (χ1v) is 11.6. The van der Waals surface area contributed by atoms with Gasteiger partial charge in [0.15, 0.2) is 0 Å². The smallest absolute Gasteiger partial charge is 0.410 e. The molecule has 0 saturated carbocycles. The fraction of sp³-hybridized carbons (Fsp3) is 0.640. The van der Waals surface area contributed by atoms with Gasteiger partial charge in [-0.2, -0.15) is 0 Å². The van der Waals surface area contributed by atoms with Crippen molar-refractivity contribution in [1.29, 1.82) is 0 Å². The average Bonchev–Trinajstić information content (AvgIpc) is 2.94. The number of rotatable bonds is 9. The highest BCUT2D eigenvalue weighted by Gasteiger charge is 2.51. The van der Waals surface area contributed by atoms with E-state index in [9.17, 15) is 14.4 Å². The Hall–Kier alpha value is -2.61. The Bertz CT molecular complexity index is 805. The standard InChI is InChI=1S/C25H39N3O5/c1-8-10-20-21(9-2)28(22(30)25(20,6)15-19(16-26-7)32-17-29)18-11-13-27(14-12-18)23(31)33-24(3,4)5/h8-10,17-19,26H,2,11-16H2,1,3-7H3/b10-8-. The van der Waals surface area contributed by atoms with Gasteiger partial charge in [0.1, 0.15) is 11.7 Å². The van der Waals surface area contributed by atoms with Crippen LogP contribution in [0.4, 0.5) is 4.79 Å². The number of amides is 2. The van der Waals surface area contributed by atoms with Crippen LogP contribution in [0.25, 0.3) is 0 Å². The Morgan fingerprint density at radius 1 is 1.33 bits per heavy atom. The van der Waals surface area contributed by atoms with E-state index in [1.54, 1.807) is 18.0 Å². The summed E-state index contributed by atoms with van der Waals surface area (Å²) in [6.45, 7) is 15.3. The second-order valence-corrected chi connectivity index (χ2v) is 9.82. The van der Waals surface area contributed by atoms with Gasteiger partial charge in [-0.05, 0) is 66.2 Å². The molecule has 33 heavy (non-hydrogen) atoms. The van der Waals surface area contributed by atoms with Gasteiger partial charge in [-0.1, -0.05) is 18.7 Å². The summed E-state index contributed by atoms with van der Waals surface area (Å²) in [5.74, 6) is -0.0307. The molecule has 8 heteroatoms. The lowest BCUT2D eigenvalue weighted by atomic mass is 9.77. The normalized spacial score (nSPS) is 23.3. The van der Waals surface area contributed by atoms with Gasteiger partial charge >= 0.3 is 6.09 Å². The number of likely N-dealkylation sites (N-methyl/N-ethyl adjacent to an activating group) is 1. The van der Waals surface area contributed by atoms with Crippen molar-refractivity contribution in [3.8, 4) is 0 Å². The molecule has 0 radical (unpaired) electrons. The van der Waals surface area contributed by atoms with Gasteiger partial charge in [0, 0.05) is 37.8 Å². The number of piperidine rings is 1. The molecule has 2 aliphatic rings. The third-order valence-corrected chi connectivity index (χ3v) is 6.14. The quantitative estimate of drug-likeness (QED) is 0.530. The van der Waals surface area contributed by atoms with Crippen molar-refractivity contribution in [2.45, 2.75) is 71.6 Å². The zero-order valence-electron chi connectivity index (χ0n) is 20.8. The maximum absolute atomic E-state index is 13.9. The summed E-state index contributed by atoms with van der Waals surface area (Å²) >= 11 is 0. The number of nitrogens with zero attached hydrogens (tertiary/aromatic N) is 2. The van der Waals surface area contributed by atoms with Crippen molar-refractivity contribution in [1.82, 2.24) is 15.1 Å². The minimum atomic E-state index is -0.858. The van der Waals surface area contributed by atoms with E-state index < -0.39 is 17.1 Å². The third kappa shape index (κ3) is 6.05. The molecule has 1 fully saturated rings. The molecule has 8 nitrogen and oxygen atoms in total. The summed E-state index contributed by atoms with van der Waals surface area (Å²) in [5, 5.41) is 3.02. The van der Waals surface area contributed by atoms with E-state index in [2.05, 4.69) is 11.9 Å². The summed E-state index contributed by atoms with van der Waals surface area (Å²) in [6.07, 6.45) is 6.46. The molecule has 0 aromatic rings. The molecule has 0 aliphatic carbocycles. The Morgan fingerprint density at radius 3 is 2.45 bits per heavy atom. The van der Waals surface area contributed by atoms with Gasteiger partial charge in [-0.25, -0.2) is 4.79 Å². The molecule has 1 N–H and O–H groups in total. The van der Waals surface area contributed by atoms with E-state index in [0.29, 0.717) is 45.4 Å². The summed E-state index contributed by atoms with van der Waals surface area (Å²) < 4.78 is 10.8. The molecule has 0 bridgehead atoms. The van der Waals surface area contributed by atoms with Crippen LogP contribution >= 0.6 is 0 Å². The van der Waals surface area contributed by atoms with Crippen molar-refractivity contribution < 1.29 is 23.9 Å². The predicted molar refractivity (Wildman–Crippen MR) is 127 cm³/mol. The lowest BCUT2D eigenvalue weighted by molar-refractivity contribution is -0.142. The van der Waals surface area contributed by atoms with E-state index in [0.717, 1.165) is 11.3 Å². The highest BCUT2D eigenvalue weighted by atomic mass is 16.6. The first-order valence-electron chi connectivity index (χ1n) is 11.6. The van der Waals surface area contributed by atoms with Gasteiger partial charge < -0.3 is 24.6 Å². The molecular weight excluding hydrogens is 422 g/mol. The molecular formula is C25H39N3O5. The molecule has 2 atom stereocenters. The lowest BCUT2D eigenvalue weighted by Gasteiger charge is -2.39. The third-order valence-electron chi connectivity index (χ3n) is 6.14. The van der Waals surface area contributed by atoms with E-state index in [1.165, 1.54) is 0 Å². The second-order valence-electron chi connectivity index (χ2n) is 9.82. The van der Waals surface area contributed by atoms with Gasteiger partial charge in [-0.3, -0.25) is 9.59 Å². The molecule has 1 saturated heterocycles. The van der Waals surface area contributed by atoms with E-state index in [4.69, 9.17) is 9.47 Å². The Balaban J connectivity index is 2.28. The topological polar surface area (TPSA) is 88.2 Å². The fourth-order valence-electron chi connectivity index (χ4n) is 4.67. The highest BCUT2D eigenvalue weighted by molar-refractivity contribution is 5.93. The second kappa shape index (κ2) is 11.0. The number of ether oxygens (including phenoxy) is 2. The number of hydrogen-bond acceptors (Lipinski definition) is 6. The van der Waals surface area contributed by atoms with Crippen molar-refractivity contribution >= 4 is 18.5 Å². The SMILES string of the molecule is C=CC1=C(/C=C\C)C(C)(CC(CNC)OC=O)C(=O)N1C1CCN(C(=O)OC(C)(C)C)CC1. The number of nitrogens with one attached hydrogen (secondary N) is 1. The number of allylic oxidation sites excluding steroid dienone is 3. The van der Waals surface area contributed by atoms with Crippen LogP contribution in [0.1, 0.15) is 53.9 Å². The van der Waals surface area contributed by atoms with Gasteiger partial charge in [0.2, 0.25) is 5.91 Å². The summed E-state index contributed by atoms with van der Waals surface area (Å²) in [7, 11) is 1.78. The predicted octanol–water partition coefficient (Wildman–Crippen LogP) is 3.40. The van der Waals surface area contributed by atoms with Crippen LogP contribution in [0.3, 0.4) is 0 Å². The first-order chi connectivity index (χ1) is 15.5. The van der Waals surface area contributed by atoms with Crippen LogP contribution in [-0.4, -0.2) is 72.7 Å². The van der Waals surface area contributed by atoms with Gasteiger partial charge in [0.25, 0.3) is 6.47 Å². The Labute approximate surface area is 197 Å². The first kappa shape index (κ1) is 26.6. The van der Waals surface area contributed by atoms with Crippen LogP contribution < -0.4 is 5.32 Å². The van der Waals surface area contributed by atoms with Crippen LogP contribution in [0.2, 0.25) is 0 Å². The number of carbonyl (C=O) groups is 3. The molecule has 0 aromatic heterocycles. The molecule has 2 amide bonds. The highest BCUT2D eigenvalue weighted by Crippen LogP contribution is 2.46. The van der Waals surface area contributed by atoms with E-state index in [1.807, 2.05) is 51.7 Å². The number of hydrogen-bond donors (Lipinski definition) is 1. The Kier molecular flexibility index (Phi) is 8.89. The van der Waals surface area contributed by atoms with Crippen LogP contribution in [0.15, 0.2) is 36.1 Å². The minimum Gasteiger partial charge on any atom is -0.463 e. The maximum Gasteiger partial charge on any atom is 0.410 e. The molecule has 0 aromatic carbocycles. The van der Waals surface area contributed by atoms with Crippen LogP contribution in [-0.2, 0) is 19.1 Å². The van der Waals surface area contributed by atoms with Gasteiger partial charge in [-0.15, -0.1) is 0 Å². The molecule has 2 unspecified atom stereocenters. The summed E-state index contributed by atoms with van der Waals surface area (Å²) in [4.78, 5) is 40.9. The molecule has 2 aliphatic heterocycles.